The molecule has 0 N–H and O–H groups in total. The van der Waals surface area contributed by atoms with E-state index in [2.05, 4.69) is 0 Å². The molecule has 0 amide bonds. The largest absolute Gasteiger partial charge is 0.494 e. The number of hydrogen-bond donors (Lipinski definition) is 0. The van der Waals surface area contributed by atoms with Crippen LogP contribution in [-0.4, -0.2) is 11.2 Å². The van der Waals surface area contributed by atoms with Gasteiger partial charge in [-0.1, -0.05) is 12.1 Å². The number of nitriles is 1. The number of nitrogens with zero attached hydrogens (tertiary/aromatic N) is 2. The Morgan fingerprint density at radius 3 is 2.75 bits per heavy atom. The highest BCUT2D eigenvalue weighted by Gasteiger charge is 2.11. The summed E-state index contributed by atoms with van der Waals surface area (Å²) in [6, 6.07) is 11.2. The van der Waals surface area contributed by atoms with Crippen molar-refractivity contribution in [1.29, 1.82) is 5.26 Å². The van der Waals surface area contributed by atoms with Crippen molar-refractivity contribution >= 4 is 0 Å². The predicted octanol–water partition coefficient (Wildman–Crippen LogP) is 2.81. The molecule has 0 fully saturated rings. The van der Waals surface area contributed by atoms with Crippen LogP contribution in [0.2, 0.25) is 0 Å². The average molecular weight is 268 g/mol. The SMILES string of the molecule is CCOc1cccc(-c2ccn(CC)c(=O)c2C#N)c1. The van der Waals surface area contributed by atoms with Crippen molar-refractivity contribution in [2.75, 3.05) is 6.61 Å². The van der Waals surface area contributed by atoms with E-state index in [1.54, 1.807) is 12.3 Å². The van der Waals surface area contributed by atoms with Crippen LogP contribution in [0.5, 0.6) is 5.75 Å². The molecule has 0 spiro atoms. The third-order valence-corrected chi connectivity index (χ3v) is 3.07. The molecule has 0 saturated heterocycles. The molecule has 0 aliphatic heterocycles. The molecule has 4 nitrogen and oxygen atoms in total. The molecule has 0 radical (unpaired) electrons. The lowest BCUT2D eigenvalue weighted by atomic mass is 10.0. The lowest BCUT2D eigenvalue weighted by Gasteiger charge is -2.09. The zero-order chi connectivity index (χ0) is 14.5. The van der Waals surface area contributed by atoms with Crippen molar-refractivity contribution in [2.45, 2.75) is 20.4 Å². The molecular formula is C16H16N2O2. The van der Waals surface area contributed by atoms with Crippen molar-refractivity contribution in [3.05, 3.63) is 52.4 Å². The molecule has 0 bridgehead atoms. The van der Waals surface area contributed by atoms with Crippen LogP contribution in [0.4, 0.5) is 0 Å². The molecule has 102 valence electrons. The smallest absolute Gasteiger partial charge is 0.269 e. The van der Waals surface area contributed by atoms with E-state index in [0.29, 0.717) is 18.7 Å². The van der Waals surface area contributed by atoms with Gasteiger partial charge in [-0.2, -0.15) is 5.26 Å². The third kappa shape index (κ3) is 2.57. The summed E-state index contributed by atoms with van der Waals surface area (Å²) < 4.78 is 6.97. The van der Waals surface area contributed by atoms with E-state index in [1.165, 1.54) is 4.57 Å². The molecule has 1 aromatic carbocycles. The van der Waals surface area contributed by atoms with Crippen molar-refractivity contribution in [1.82, 2.24) is 4.57 Å². The summed E-state index contributed by atoms with van der Waals surface area (Å²) in [6.45, 7) is 4.91. The minimum absolute atomic E-state index is 0.169. The van der Waals surface area contributed by atoms with Crippen LogP contribution in [-0.2, 0) is 6.54 Å². The molecule has 2 aromatic rings. The van der Waals surface area contributed by atoms with Crippen LogP contribution < -0.4 is 10.3 Å². The van der Waals surface area contributed by atoms with Gasteiger partial charge >= 0.3 is 0 Å². The summed E-state index contributed by atoms with van der Waals surface area (Å²) in [5.74, 6) is 0.730. The maximum absolute atomic E-state index is 12.1. The van der Waals surface area contributed by atoms with Crippen LogP contribution in [0.3, 0.4) is 0 Å². The van der Waals surface area contributed by atoms with Crippen molar-refractivity contribution < 1.29 is 4.74 Å². The summed E-state index contributed by atoms with van der Waals surface area (Å²) in [5.41, 5.74) is 1.37. The number of hydrogen-bond acceptors (Lipinski definition) is 3. The molecule has 0 aliphatic rings. The molecular weight excluding hydrogens is 252 g/mol. The van der Waals surface area contributed by atoms with E-state index in [0.717, 1.165) is 11.3 Å². The number of ether oxygens (including phenoxy) is 1. The first-order valence-electron chi connectivity index (χ1n) is 6.58. The average Bonchev–Trinajstić information content (AvgIpc) is 2.47. The Morgan fingerprint density at radius 1 is 1.30 bits per heavy atom. The highest BCUT2D eigenvalue weighted by atomic mass is 16.5. The zero-order valence-electron chi connectivity index (χ0n) is 11.6. The Morgan fingerprint density at radius 2 is 2.10 bits per heavy atom. The summed E-state index contributed by atoms with van der Waals surface area (Å²) in [7, 11) is 0. The van der Waals surface area contributed by atoms with Gasteiger partial charge in [0.2, 0.25) is 0 Å². The van der Waals surface area contributed by atoms with Crippen molar-refractivity contribution in [3.8, 4) is 22.9 Å². The fourth-order valence-corrected chi connectivity index (χ4v) is 2.09. The third-order valence-electron chi connectivity index (χ3n) is 3.07. The standard InChI is InChI=1S/C16H16N2O2/c1-3-18-9-8-14(15(11-17)16(18)19)12-6-5-7-13(10-12)20-4-2/h5-10H,3-4H2,1-2H3. The fraction of sp³-hybridized carbons (Fsp3) is 0.250. The molecule has 1 heterocycles. The summed E-state index contributed by atoms with van der Waals surface area (Å²) >= 11 is 0. The normalized spacial score (nSPS) is 10.1. The number of rotatable bonds is 4. The summed E-state index contributed by atoms with van der Waals surface area (Å²) in [4.78, 5) is 12.1. The Balaban J connectivity index is 2.59. The Kier molecular flexibility index (Phi) is 4.21. The molecule has 0 atom stereocenters. The van der Waals surface area contributed by atoms with E-state index in [4.69, 9.17) is 4.74 Å². The second-order valence-corrected chi connectivity index (χ2v) is 4.27. The Hall–Kier alpha value is -2.54. The van der Waals surface area contributed by atoms with Crippen LogP contribution in [0, 0.1) is 11.3 Å². The molecule has 0 saturated carbocycles. The highest BCUT2D eigenvalue weighted by Crippen LogP contribution is 2.25. The van der Waals surface area contributed by atoms with Gasteiger partial charge in [-0.15, -0.1) is 0 Å². The van der Waals surface area contributed by atoms with Gasteiger partial charge in [0, 0.05) is 18.3 Å². The van der Waals surface area contributed by atoms with Gasteiger partial charge in [-0.25, -0.2) is 0 Å². The second kappa shape index (κ2) is 6.07. The zero-order valence-corrected chi connectivity index (χ0v) is 11.6. The maximum Gasteiger partial charge on any atom is 0.269 e. The molecule has 0 unspecified atom stereocenters. The lowest BCUT2D eigenvalue weighted by molar-refractivity contribution is 0.340. The quantitative estimate of drug-likeness (QED) is 0.856. The van der Waals surface area contributed by atoms with E-state index in [-0.39, 0.29) is 11.1 Å². The van der Waals surface area contributed by atoms with Crippen LogP contribution in [0.25, 0.3) is 11.1 Å². The molecule has 2 rings (SSSR count). The minimum atomic E-state index is -0.255. The van der Waals surface area contributed by atoms with E-state index < -0.39 is 0 Å². The van der Waals surface area contributed by atoms with Crippen molar-refractivity contribution in [2.24, 2.45) is 0 Å². The first-order chi connectivity index (χ1) is 9.71. The minimum Gasteiger partial charge on any atom is -0.494 e. The number of aryl methyl sites for hydroxylation is 1. The van der Waals surface area contributed by atoms with E-state index >= 15 is 0 Å². The molecule has 4 heteroatoms. The van der Waals surface area contributed by atoms with E-state index in [1.807, 2.05) is 44.2 Å². The Bertz CT molecular complexity index is 711. The van der Waals surface area contributed by atoms with Crippen LogP contribution in [0.15, 0.2) is 41.3 Å². The molecule has 0 aliphatic carbocycles. The number of pyridine rings is 1. The van der Waals surface area contributed by atoms with E-state index in [9.17, 15) is 10.1 Å². The number of benzene rings is 1. The van der Waals surface area contributed by atoms with Gasteiger partial charge in [-0.3, -0.25) is 4.79 Å². The van der Waals surface area contributed by atoms with Gasteiger partial charge < -0.3 is 9.30 Å². The van der Waals surface area contributed by atoms with Gasteiger partial charge in [0.25, 0.3) is 5.56 Å². The fourth-order valence-electron chi connectivity index (χ4n) is 2.09. The first kappa shape index (κ1) is 13.9. The first-order valence-corrected chi connectivity index (χ1v) is 6.58. The topological polar surface area (TPSA) is 55.0 Å². The summed E-state index contributed by atoms with van der Waals surface area (Å²) in [6.07, 6.45) is 1.71. The van der Waals surface area contributed by atoms with Crippen LogP contribution in [0.1, 0.15) is 19.4 Å². The number of aromatic nitrogens is 1. The van der Waals surface area contributed by atoms with Gasteiger partial charge in [0.1, 0.15) is 17.4 Å². The predicted molar refractivity (Wildman–Crippen MR) is 77.7 cm³/mol. The lowest BCUT2D eigenvalue weighted by Crippen LogP contribution is -2.21. The van der Waals surface area contributed by atoms with Gasteiger partial charge in [0.15, 0.2) is 0 Å². The Labute approximate surface area is 117 Å². The second-order valence-electron chi connectivity index (χ2n) is 4.27. The van der Waals surface area contributed by atoms with Crippen LogP contribution >= 0.6 is 0 Å². The van der Waals surface area contributed by atoms with Gasteiger partial charge in [-0.05, 0) is 37.6 Å². The molecule has 1 aromatic heterocycles. The maximum atomic E-state index is 12.1. The van der Waals surface area contributed by atoms with Crippen molar-refractivity contribution in [3.63, 3.8) is 0 Å². The monoisotopic (exact) mass is 268 g/mol. The summed E-state index contributed by atoms with van der Waals surface area (Å²) in [5, 5.41) is 9.26. The molecule has 20 heavy (non-hydrogen) atoms. The highest BCUT2D eigenvalue weighted by molar-refractivity contribution is 5.70. The van der Waals surface area contributed by atoms with Gasteiger partial charge in [0.05, 0.1) is 6.61 Å².